The maximum atomic E-state index is 13.9. The van der Waals surface area contributed by atoms with E-state index in [1.54, 1.807) is 0 Å². The summed E-state index contributed by atoms with van der Waals surface area (Å²) in [4.78, 5) is 13.7. The molecule has 196 valence electrons. The SMILES string of the molecule is C[C@@]1(O)CC[C@@]2(C)[C@@H](CC[C@H]3[C@@H]4CC[C@H](C(=O)Cn5nnc6cc(F)c(F)cc65)[C@@]4(C)CC[C@@]32C)C1. The van der Waals surface area contributed by atoms with Gasteiger partial charge in [0.2, 0.25) is 0 Å². The van der Waals surface area contributed by atoms with E-state index in [0.29, 0.717) is 23.3 Å². The van der Waals surface area contributed by atoms with Gasteiger partial charge in [0.25, 0.3) is 0 Å². The van der Waals surface area contributed by atoms with Crippen molar-refractivity contribution in [3.05, 3.63) is 23.8 Å². The molecule has 0 spiro atoms. The molecule has 1 aromatic heterocycles. The highest BCUT2D eigenvalue weighted by Crippen LogP contribution is 2.73. The second-order valence-corrected chi connectivity index (χ2v) is 13.6. The quantitative estimate of drug-likeness (QED) is 0.556. The molecule has 36 heavy (non-hydrogen) atoms. The van der Waals surface area contributed by atoms with Gasteiger partial charge in [-0.1, -0.05) is 26.0 Å². The van der Waals surface area contributed by atoms with Crippen LogP contribution in [0, 0.1) is 51.6 Å². The third-order valence-electron chi connectivity index (χ3n) is 12.0. The Bertz CT molecular complexity index is 1230. The number of halogens is 2. The Hall–Kier alpha value is -1.89. The van der Waals surface area contributed by atoms with Crippen molar-refractivity contribution in [2.24, 2.45) is 39.9 Å². The number of hydrogen-bond acceptors (Lipinski definition) is 4. The summed E-state index contributed by atoms with van der Waals surface area (Å²) in [6.07, 6.45) is 9.35. The van der Waals surface area contributed by atoms with Crippen LogP contribution < -0.4 is 0 Å². The van der Waals surface area contributed by atoms with Crippen LogP contribution in [0.1, 0.15) is 85.5 Å². The molecule has 6 rings (SSSR count). The second kappa shape index (κ2) is 7.81. The number of carbonyl (C=O) groups is 1. The molecule has 0 aliphatic heterocycles. The number of carbonyl (C=O) groups excluding carboxylic acids is 1. The molecule has 4 aliphatic rings. The van der Waals surface area contributed by atoms with E-state index < -0.39 is 17.2 Å². The number of rotatable bonds is 3. The van der Waals surface area contributed by atoms with Crippen molar-refractivity contribution < 1.29 is 18.7 Å². The van der Waals surface area contributed by atoms with Gasteiger partial charge in [0.05, 0.1) is 11.1 Å². The molecular weight excluding hydrogens is 460 g/mol. The third-order valence-corrected chi connectivity index (χ3v) is 12.0. The minimum absolute atomic E-state index is 0.0433. The summed E-state index contributed by atoms with van der Waals surface area (Å²) >= 11 is 0. The minimum Gasteiger partial charge on any atom is -0.390 e. The van der Waals surface area contributed by atoms with Crippen molar-refractivity contribution in [2.75, 3.05) is 0 Å². The molecule has 0 saturated heterocycles. The van der Waals surface area contributed by atoms with Crippen molar-refractivity contribution in [2.45, 2.75) is 97.6 Å². The lowest BCUT2D eigenvalue weighted by Gasteiger charge is -2.67. The van der Waals surface area contributed by atoms with E-state index in [1.165, 1.54) is 17.5 Å². The van der Waals surface area contributed by atoms with Crippen LogP contribution in [0.15, 0.2) is 12.1 Å². The predicted molar refractivity (Wildman–Crippen MR) is 133 cm³/mol. The first-order valence-electron chi connectivity index (χ1n) is 13.8. The maximum absolute atomic E-state index is 13.9. The van der Waals surface area contributed by atoms with Crippen LogP contribution in [0.2, 0.25) is 0 Å². The highest BCUT2D eigenvalue weighted by molar-refractivity contribution is 5.84. The van der Waals surface area contributed by atoms with Gasteiger partial charge < -0.3 is 5.11 Å². The molecule has 5 nitrogen and oxygen atoms in total. The summed E-state index contributed by atoms with van der Waals surface area (Å²) in [6.45, 7) is 9.41. The molecule has 0 unspecified atom stereocenters. The largest absolute Gasteiger partial charge is 0.390 e. The third kappa shape index (κ3) is 3.30. The normalized spacial score (nSPS) is 44.2. The summed E-state index contributed by atoms with van der Waals surface area (Å²) in [6, 6.07) is 2.12. The van der Waals surface area contributed by atoms with Gasteiger partial charge in [-0.25, -0.2) is 13.5 Å². The van der Waals surface area contributed by atoms with E-state index in [-0.39, 0.29) is 40.0 Å². The van der Waals surface area contributed by atoms with Crippen molar-refractivity contribution in [1.82, 2.24) is 15.0 Å². The molecule has 1 heterocycles. The standard InChI is InChI=1S/C29H39F2N3O2/c1-26(36)9-11-28(3)17(15-26)5-6-19-18-7-8-20(27(18,2)10-12-29(19,28)4)25(35)16-34-24-14-22(31)21(30)13-23(24)32-33-34/h13-14,17-20,36H,5-12,15-16H2,1-4H3/t17-,18-,19-,20+,26+,27-,28-,29-/m0/s1. The van der Waals surface area contributed by atoms with Crippen molar-refractivity contribution in [3.63, 3.8) is 0 Å². The highest BCUT2D eigenvalue weighted by atomic mass is 19.2. The smallest absolute Gasteiger partial charge is 0.161 e. The van der Waals surface area contributed by atoms with Gasteiger partial charge >= 0.3 is 0 Å². The number of hydrogen-bond donors (Lipinski definition) is 1. The minimum atomic E-state index is -0.956. The predicted octanol–water partition coefficient (Wildman–Crippen LogP) is 6.08. The Kier molecular flexibility index (Phi) is 5.30. The molecule has 1 aromatic carbocycles. The second-order valence-electron chi connectivity index (χ2n) is 13.6. The van der Waals surface area contributed by atoms with E-state index >= 15 is 0 Å². The van der Waals surface area contributed by atoms with Gasteiger partial charge in [-0.2, -0.15) is 0 Å². The summed E-state index contributed by atoms with van der Waals surface area (Å²) in [5.41, 5.74) is 0.512. The van der Waals surface area contributed by atoms with Crippen LogP contribution in [-0.2, 0) is 11.3 Å². The fourth-order valence-corrected chi connectivity index (χ4v) is 9.68. The highest BCUT2D eigenvalue weighted by Gasteiger charge is 2.66. The summed E-state index contributed by atoms with van der Waals surface area (Å²) in [5.74, 6) is -0.139. The molecular formula is C29H39F2N3O2. The molecule has 2 aromatic rings. The summed E-state index contributed by atoms with van der Waals surface area (Å²) in [7, 11) is 0. The molecule has 8 atom stereocenters. The Labute approximate surface area is 212 Å². The van der Waals surface area contributed by atoms with Crippen LogP contribution in [0.25, 0.3) is 11.0 Å². The zero-order valence-corrected chi connectivity index (χ0v) is 22.0. The van der Waals surface area contributed by atoms with Crippen molar-refractivity contribution in [1.29, 1.82) is 0 Å². The molecule has 1 N–H and O–H groups in total. The van der Waals surface area contributed by atoms with Gasteiger partial charge in [0.1, 0.15) is 12.1 Å². The van der Waals surface area contributed by atoms with E-state index in [4.69, 9.17) is 0 Å². The molecule has 0 radical (unpaired) electrons. The van der Waals surface area contributed by atoms with Gasteiger partial charge in [0.15, 0.2) is 17.4 Å². The van der Waals surface area contributed by atoms with Crippen molar-refractivity contribution in [3.8, 4) is 0 Å². The lowest BCUT2D eigenvalue weighted by molar-refractivity contribution is -0.197. The van der Waals surface area contributed by atoms with E-state index in [2.05, 4.69) is 31.1 Å². The van der Waals surface area contributed by atoms with Gasteiger partial charge in [-0.15, -0.1) is 5.10 Å². The van der Waals surface area contributed by atoms with Gasteiger partial charge in [-0.05, 0) is 98.7 Å². The van der Waals surface area contributed by atoms with E-state index in [1.807, 2.05) is 6.92 Å². The molecule has 7 heteroatoms. The Balaban J connectivity index is 1.25. The molecule has 0 bridgehead atoms. The number of fused-ring (bicyclic) bond motifs is 6. The zero-order valence-electron chi connectivity index (χ0n) is 22.0. The number of nitrogens with zero attached hydrogens (tertiary/aromatic N) is 3. The topological polar surface area (TPSA) is 68.0 Å². The monoisotopic (exact) mass is 499 g/mol. The average molecular weight is 500 g/mol. The van der Waals surface area contributed by atoms with Crippen LogP contribution in [0.4, 0.5) is 8.78 Å². The average Bonchev–Trinajstić information content (AvgIpc) is 3.36. The number of Topliss-reactive ketones (excluding diaryl/α,β-unsaturated/α-hetero) is 1. The first kappa shape index (κ1) is 24.4. The number of aliphatic hydroxyl groups is 1. The van der Waals surface area contributed by atoms with E-state index in [0.717, 1.165) is 57.1 Å². The van der Waals surface area contributed by atoms with Crippen LogP contribution in [-0.4, -0.2) is 31.5 Å². The van der Waals surface area contributed by atoms with Crippen LogP contribution in [0.5, 0.6) is 0 Å². The lowest BCUT2D eigenvalue weighted by atomic mass is 9.38. The molecule has 4 saturated carbocycles. The summed E-state index contributed by atoms with van der Waals surface area (Å²) < 4.78 is 28.9. The van der Waals surface area contributed by atoms with Crippen LogP contribution in [0.3, 0.4) is 0 Å². The molecule has 0 amide bonds. The number of aromatic nitrogens is 3. The fourth-order valence-electron chi connectivity index (χ4n) is 9.68. The lowest BCUT2D eigenvalue weighted by Crippen LogP contribution is -2.61. The van der Waals surface area contributed by atoms with Crippen LogP contribution >= 0.6 is 0 Å². The Morgan fingerprint density at radius 3 is 2.44 bits per heavy atom. The fraction of sp³-hybridized carbons (Fsp3) is 0.759. The molecule has 4 fully saturated rings. The van der Waals surface area contributed by atoms with Crippen molar-refractivity contribution >= 4 is 16.8 Å². The van der Waals surface area contributed by atoms with E-state index in [9.17, 15) is 18.7 Å². The van der Waals surface area contributed by atoms with Gasteiger partial charge in [0, 0.05) is 18.1 Å². The number of benzene rings is 1. The zero-order chi connectivity index (χ0) is 25.7. The Morgan fingerprint density at radius 2 is 1.67 bits per heavy atom. The Morgan fingerprint density at radius 1 is 0.972 bits per heavy atom. The summed E-state index contributed by atoms with van der Waals surface area (Å²) in [5, 5.41) is 18.8. The molecule has 4 aliphatic carbocycles. The maximum Gasteiger partial charge on any atom is 0.161 e. The number of ketones is 1. The first-order valence-corrected chi connectivity index (χ1v) is 13.8. The first-order chi connectivity index (χ1) is 16.9. The van der Waals surface area contributed by atoms with Gasteiger partial charge in [-0.3, -0.25) is 4.79 Å².